The molecular weight excluding hydrogens is 520 g/mol. The lowest BCUT2D eigenvalue weighted by atomic mass is 10.1. The third-order valence-corrected chi connectivity index (χ3v) is 6.27. The number of carbonyl (C=O) groups is 1. The Hall–Kier alpha value is -4.15. The Kier molecular flexibility index (Phi) is 9.42. The first kappa shape index (κ1) is 27.4. The van der Waals surface area contributed by atoms with E-state index in [1.807, 2.05) is 24.3 Å². The molecule has 0 aliphatic heterocycles. The van der Waals surface area contributed by atoms with Crippen LogP contribution in [0.2, 0.25) is 0 Å². The molecule has 0 radical (unpaired) electrons. The fourth-order valence-electron chi connectivity index (χ4n) is 2.91. The lowest BCUT2D eigenvalue weighted by Gasteiger charge is -2.12. The van der Waals surface area contributed by atoms with E-state index in [1.54, 1.807) is 31.4 Å². The van der Waals surface area contributed by atoms with E-state index in [-0.39, 0.29) is 10.7 Å². The predicted molar refractivity (Wildman–Crippen MR) is 137 cm³/mol. The molecule has 0 saturated carbocycles. The van der Waals surface area contributed by atoms with Gasteiger partial charge in [-0.25, -0.2) is 8.42 Å². The van der Waals surface area contributed by atoms with Crippen LogP contribution in [0, 0.1) is 11.3 Å². The SMILES string of the molecule is COc1cccc(OCCCOc2ccc(/C=C(/C#N)C(=O)Nc3nc(S(C)(=O)=O)ns3)cc2OC)c1. The number of hydrogen-bond acceptors (Lipinski definition) is 11. The zero-order chi connectivity index (χ0) is 26.8. The Morgan fingerprint density at radius 3 is 2.51 bits per heavy atom. The van der Waals surface area contributed by atoms with Crippen LogP contribution >= 0.6 is 11.5 Å². The number of methoxy groups -OCH3 is 2. The molecule has 0 spiro atoms. The fourth-order valence-corrected chi connectivity index (χ4v) is 4.35. The second kappa shape index (κ2) is 12.7. The zero-order valence-corrected chi connectivity index (χ0v) is 21.9. The smallest absolute Gasteiger partial charge is 0.268 e. The molecule has 194 valence electrons. The molecule has 1 amide bonds. The van der Waals surface area contributed by atoms with Crippen molar-refractivity contribution in [3.8, 4) is 29.1 Å². The van der Waals surface area contributed by atoms with Crippen LogP contribution in [-0.2, 0) is 14.6 Å². The van der Waals surface area contributed by atoms with Crippen molar-refractivity contribution in [2.45, 2.75) is 11.6 Å². The molecule has 1 N–H and O–H groups in total. The van der Waals surface area contributed by atoms with Crippen LogP contribution in [0.4, 0.5) is 5.13 Å². The number of carbonyl (C=O) groups excluding carboxylic acids is 1. The molecule has 0 unspecified atom stereocenters. The minimum atomic E-state index is -3.61. The summed E-state index contributed by atoms with van der Waals surface area (Å²) < 4.78 is 48.7. The lowest BCUT2D eigenvalue weighted by Crippen LogP contribution is -2.13. The highest BCUT2D eigenvalue weighted by Gasteiger charge is 2.17. The summed E-state index contributed by atoms with van der Waals surface area (Å²) in [5.74, 6) is 1.57. The summed E-state index contributed by atoms with van der Waals surface area (Å²) in [5, 5.41) is 11.4. The van der Waals surface area contributed by atoms with Crippen LogP contribution in [0.1, 0.15) is 12.0 Å². The van der Waals surface area contributed by atoms with Gasteiger partial charge in [0, 0.05) is 30.3 Å². The van der Waals surface area contributed by atoms with Gasteiger partial charge in [-0.2, -0.15) is 14.6 Å². The zero-order valence-electron chi connectivity index (χ0n) is 20.3. The molecule has 0 bridgehead atoms. The van der Waals surface area contributed by atoms with Gasteiger partial charge in [0.1, 0.15) is 23.1 Å². The molecular formula is C24H24N4O7S2. The summed E-state index contributed by atoms with van der Waals surface area (Å²) in [6.07, 6.45) is 2.94. The van der Waals surface area contributed by atoms with Crippen LogP contribution in [0.15, 0.2) is 53.2 Å². The van der Waals surface area contributed by atoms with Crippen LogP contribution in [0.5, 0.6) is 23.0 Å². The van der Waals surface area contributed by atoms with Gasteiger partial charge in [0.25, 0.3) is 11.1 Å². The standard InChI is InChI=1S/C24H24N4O7S2/c1-32-18-6-4-7-19(14-18)34-10-5-11-35-20-9-8-16(13-21(20)33-2)12-17(15-25)22(29)26-23-27-24(28-36-23)37(3,30)31/h4,6-9,12-14H,5,10-11H2,1-3H3,(H,26,27,28,29)/b17-12-. The van der Waals surface area contributed by atoms with E-state index in [4.69, 9.17) is 18.9 Å². The van der Waals surface area contributed by atoms with Crippen molar-refractivity contribution in [1.29, 1.82) is 5.26 Å². The van der Waals surface area contributed by atoms with Crippen LogP contribution in [0.25, 0.3) is 6.08 Å². The van der Waals surface area contributed by atoms with Gasteiger partial charge in [0.15, 0.2) is 11.5 Å². The molecule has 0 saturated heterocycles. The van der Waals surface area contributed by atoms with Crippen molar-refractivity contribution in [2.24, 2.45) is 0 Å². The van der Waals surface area contributed by atoms with Gasteiger partial charge >= 0.3 is 0 Å². The van der Waals surface area contributed by atoms with E-state index in [0.717, 1.165) is 6.26 Å². The Balaban J connectivity index is 1.59. The molecule has 0 aliphatic rings. The number of rotatable bonds is 12. The number of hydrogen-bond donors (Lipinski definition) is 1. The molecule has 0 fully saturated rings. The summed E-state index contributed by atoms with van der Waals surface area (Å²) in [6, 6.07) is 14.1. The summed E-state index contributed by atoms with van der Waals surface area (Å²) in [4.78, 5) is 16.2. The Morgan fingerprint density at radius 1 is 1.08 bits per heavy atom. The molecule has 3 aromatic rings. The van der Waals surface area contributed by atoms with E-state index in [9.17, 15) is 18.5 Å². The van der Waals surface area contributed by atoms with Crippen molar-refractivity contribution in [3.63, 3.8) is 0 Å². The first-order chi connectivity index (χ1) is 17.7. The van der Waals surface area contributed by atoms with Gasteiger partial charge in [-0.1, -0.05) is 12.1 Å². The number of benzene rings is 2. The molecule has 0 aliphatic carbocycles. The maximum absolute atomic E-state index is 12.5. The normalized spacial score (nSPS) is 11.4. The topological polar surface area (TPSA) is 150 Å². The predicted octanol–water partition coefficient (Wildman–Crippen LogP) is 3.35. The molecule has 37 heavy (non-hydrogen) atoms. The second-order valence-electron chi connectivity index (χ2n) is 7.42. The molecule has 2 aromatic carbocycles. The first-order valence-electron chi connectivity index (χ1n) is 10.8. The number of nitriles is 1. The lowest BCUT2D eigenvalue weighted by molar-refractivity contribution is -0.112. The number of amides is 1. The molecule has 1 heterocycles. The first-order valence-corrected chi connectivity index (χ1v) is 13.4. The Bertz CT molecular complexity index is 1430. The fraction of sp³-hybridized carbons (Fsp3) is 0.250. The van der Waals surface area contributed by atoms with Crippen LogP contribution in [0.3, 0.4) is 0 Å². The van der Waals surface area contributed by atoms with Gasteiger partial charge in [-0.3, -0.25) is 10.1 Å². The third-order valence-electron chi connectivity index (χ3n) is 4.68. The maximum Gasteiger partial charge on any atom is 0.268 e. The van der Waals surface area contributed by atoms with Crippen LogP contribution in [-0.4, -0.2) is 57.4 Å². The molecule has 11 nitrogen and oxygen atoms in total. The average Bonchev–Trinajstić information content (AvgIpc) is 3.36. The van der Waals surface area contributed by atoms with Crippen molar-refractivity contribution in [3.05, 3.63) is 53.6 Å². The van der Waals surface area contributed by atoms with Crippen LogP contribution < -0.4 is 24.3 Å². The molecule has 13 heteroatoms. The minimum Gasteiger partial charge on any atom is -0.497 e. The number of aromatic nitrogens is 2. The average molecular weight is 545 g/mol. The highest BCUT2D eigenvalue weighted by molar-refractivity contribution is 7.90. The van der Waals surface area contributed by atoms with Crippen molar-refractivity contribution in [1.82, 2.24) is 9.36 Å². The monoisotopic (exact) mass is 544 g/mol. The van der Waals surface area contributed by atoms with E-state index >= 15 is 0 Å². The quantitative estimate of drug-likeness (QED) is 0.204. The Labute approximate surface area is 218 Å². The van der Waals surface area contributed by atoms with E-state index in [0.29, 0.717) is 59.7 Å². The largest absolute Gasteiger partial charge is 0.497 e. The summed E-state index contributed by atoms with van der Waals surface area (Å²) in [5.41, 5.74) is 0.299. The number of nitrogens with one attached hydrogen (secondary N) is 1. The van der Waals surface area contributed by atoms with Crippen molar-refractivity contribution in [2.75, 3.05) is 39.0 Å². The summed E-state index contributed by atoms with van der Waals surface area (Å²) in [7, 11) is -0.536. The maximum atomic E-state index is 12.5. The highest BCUT2D eigenvalue weighted by Crippen LogP contribution is 2.29. The van der Waals surface area contributed by atoms with E-state index in [2.05, 4.69) is 14.7 Å². The Morgan fingerprint density at radius 2 is 1.84 bits per heavy atom. The number of ether oxygens (including phenoxy) is 4. The van der Waals surface area contributed by atoms with Crippen molar-refractivity contribution < 1.29 is 32.2 Å². The van der Waals surface area contributed by atoms with Gasteiger partial charge in [0.2, 0.25) is 15.0 Å². The van der Waals surface area contributed by atoms with Crippen molar-refractivity contribution >= 4 is 38.5 Å². The summed E-state index contributed by atoms with van der Waals surface area (Å²) in [6.45, 7) is 0.815. The molecule has 1 aromatic heterocycles. The number of nitrogens with zero attached hydrogens (tertiary/aromatic N) is 3. The second-order valence-corrected chi connectivity index (χ2v) is 10.1. The van der Waals surface area contributed by atoms with Gasteiger partial charge in [-0.05, 0) is 35.9 Å². The third kappa shape index (κ3) is 7.92. The van der Waals surface area contributed by atoms with Gasteiger partial charge in [0.05, 0.1) is 27.4 Å². The highest BCUT2D eigenvalue weighted by atomic mass is 32.2. The molecule has 3 rings (SSSR count). The molecule has 0 atom stereocenters. The number of anilines is 1. The van der Waals surface area contributed by atoms with E-state index < -0.39 is 20.9 Å². The van der Waals surface area contributed by atoms with E-state index in [1.165, 1.54) is 13.2 Å². The minimum absolute atomic E-state index is 0.0386. The van der Waals surface area contributed by atoms with Gasteiger partial charge in [-0.15, -0.1) is 0 Å². The summed E-state index contributed by atoms with van der Waals surface area (Å²) >= 11 is 0.698. The number of sulfone groups is 1. The van der Waals surface area contributed by atoms with Gasteiger partial charge < -0.3 is 18.9 Å².